The molecule has 0 aliphatic heterocycles. The summed E-state index contributed by atoms with van der Waals surface area (Å²) in [5.74, 6) is 9.58. The van der Waals surface area contributed by atoms with Crippen molar-refractivity contribution in [2.45, 2.75) is 83.7 Å². The molecule has 190 valence electrons. The number of nitrogens with zero attached hydrogens (tertiary/aromatic N) is 2. The third-order valence-electron chi connectivity index (χ3n) is 8.15. The van der Waals surface area contributed by atoms with Gasteiger partial charge >= 0.3 is 0 Å². The van der Waals surface area contributed by atoms with Crippen LogP contribution in [0.4, 0.5) is 13.2 Å². The van der Waals surface area contributed by atoms with Gasteiger partial charge in [0.05, 0.1) is 6.54 Å². The predicted molar refractivity (Wildman–Crippen MR) is 129 cm³/mol. The van der Waals surface area contributed by atoms with Gasteiger partial charge in [-0.15, -0.1) is 0 Å². The number of alkyl halides is 2. The lowest BCUT2D eigenvalue weighted by Crippen LogP contribution is -2.42. The van der Waals surface area contributed by atoms with E-state index in [1.807, 2.05) is 0 Å². The van der Waals surface area contributed by atoms with E-state index in [2.05, 4.69) is 18.1 Å². The molecule has 3 atom stereocenters. The van der Waals surface area contributed by atoms with Gasteiger partial charge in [0.15, 0.2) is 5.84 Å². The zero-order chi connectivity index (χ0) is 25.1. The Kier molecular flexibility index (Phi) is 8.03. The molecule has 0 spiro atoms. The monoisotopic (exact) mass is 480 g/mol. The Bertz CT molecular complexity index is 894. The number of halogens is 3. The van der Waals surface area contributed by atoms with E-state index >= 15 is 0 Å². The van der Waals surface area contributed by atoms with E-state index < -0.39 is 11.5 Å². The molecule has 5 N–H and O–H groups in total. The van der Waals surface area contributed by atoms with Crippen LogP contribution < -0.4 is 11.7 Å². The highest BCUT2D eigenvalue weighted by Gasteiger charge is 2.49. The molecular weight excluding hydrogens is 441 g/mol. The van der Waals surface area contributed by atoms with Crippen LogP contribution in [-0.4, -0.2) is 34.0 Å². The molecule has 0 amide bonds. The lowest BCUT2D eigenvalue weighted by molar-refractivity contribution is -0.166. The summed E-state index contributed by atoms with van der Waals surface area (Å²) in [6.07, 6.45) is 8.28. The molecule has 2 aliphatic rings. The molecule has 0 bridgehead atoms. The van der Waals surface area contributed by atoms with Gasteiger partial charge in [0.25, 0.3) is 5.92 Å². The maximum Gasteiger partial charge on any atom is 0.275 e. The Balaban J connectivity index is 1.64. The normalized spacial score (nSPS) is 27.2. The Labute approximate surface area is 201 Å². The van der Waals surface area contributed by atoms with Crippen molar-refractivity contribution in [2.24, 2.45) is 34.0 Å². The van der Waals surface area contributed by atoms with Gasteiger partial charge < -0.3 is 10.9 Å². The first-order chi connectivity index (χ1) is 15.9. The molecule has 2 fully saturated rings. The lowest BCUT2D eigenvalue weighted by atomic mass is 9.62. The molecule has 34 heavy (non-hydrogen) atoms. The van der Waals surface area contributed by atoms with E-state index in [1.54, 1.807) is 12.1 Å². The molecule has 1 aromatic rings. The van der Waals surface area contributed by atoms with Crippen LogP contribution in [0.15, 0.2) is 41.0 Å². The van der Waals surface area contributed by atoms with E-state index in [4.69, 9.17) is 11.7 Å². The Hall–Kier alpha value is -2.06. The van der Waals surface area contributed by atoms with Gasteiger partial charge in [-0.3, -0.25) is 5.01 Å². The van der Waals surface area contributed by atoms with Crippen molar-refractivity contribution >= 4 is 5.84 Å². The van der Waals surface area contributed by atoms with Crippen molar-refractivity contribution in [3.63, 3.8) is 0 Å². The topological polar surface area (TPSA) is 87.9 Å². The van der Waals surface area contributed by atoms with E-state index in [1.165, 1.54) is 36.6 Å². The van der Waals surface area contributed by atoms with Crippen LogP contribution in [0.3, 0.4) is 0 Å². The van der Waals surface area contributed by atoms with E-state index in [-0.39, 0.29) is 17.7 Å². The average molecular weight is 481 g/mol. The second-order valence-electron chi connectivity index (χ2n) is 10.7. The Morgan fingerprint density at radius 1 is 1.26 bits per heavy atom. The Morgan fingerprint density at radius 3 is 2.56 bits per heavy atom. The van der Waals surface area contributed by atoms with Gasteiger partial charge in [0.1, 0.15) is 11.4 Å². The fourth-order valence-corrected chi connectivity index (χ4v) is 5.96. The van der Waals surface area contributed by atoms with Gasteiger partial charge in [0.2, 0.25) is 0 Å². The van der Waals surface area contributed by atoms with Crippen LogP contribution in [0, 0.1) is 23.1 Å². The molecule has 1 aromatic carbocycles. The third kappa shape index (κ3) is 5.60. The van der Waals surface area contributed by atoms with Crippen molar-refractivity contribution in [2.75, 3.05) is 6.54 Å². The first-order valence-electron chi connectivity index (χ1n) is 12.2. The number of fused-ring (bicyclic) bond motifs is 1. The van der Waals surface area contributed by atoms with Crippen LogP contribution in [0.2, 0.25) is 0 Å². The number of nitrogens with two attached hydrogens (primary N) is 2. The molecule has 8 heteroatoms. The summed E-state index contributed by atoms with van der Waals surface area (Å²) in [6, 6.07) is 5.87. The van der Waals surface area contributed by atoms with Gasteiger partial charge in [-0.05, 0) is 100 Å². The maximum absolute atomic E-state index is 14.2. The van der Waals surface area contributed by atoms with Crippen LogP contribution in [0.1, 0.15) is 77.7 Å². The van der Waals surface area contributed by atoms with Crippen molar-refractivity contribution in [3.8, 4) is 0 Å². The zero-order valence-electron chi connectivity index (χ0n) is 20.5. The highest BCUT2D eigenvalue weighted by Crippen LogP contribution is 2.58. The molecule has 3 unspecified atom stereocenters. The molecule has 0 radical (unpaired) electrons. The number of rotatable bonds is 8. The quantitative estimate of drug-likeness (QED) is 0.154. The van der Waals surface area contributed by atoms with E-state index in [9.17, 15) is 18.3 Å². The third-order valence-corrected chi connectivity index (χ3v) is 8.15. The SMILES string of the molecule is CC12CCC/C(=C\CN(N)/C(=N\N)c3ccc(F)cc3)C1CCC2CCCC(F)(F)C(C)(C)O. The fourth-order valence-electron chi connectivity index (χ4n) is 5.96. The van der Waals surface area contributed by atoms with Crippen LogP contribution in [0.5, 0.6) is 0 Å². The maximum atomic E-state index is 14.2. The number of hydrazone groups is 1. The first-order valence-corrected chi connectivity index (χ1v) is 12.2. The summed E-state index contributed by atoms with van der Waals surface area (Å²) in [6.45, 7) is 5.09. The minimum Gasteiger partial charge on any atom is -0.384 e. The fraction of sp³-hybridized carbons (Fsp3) is 0.654. The lowest BCUT2D eigenvalue weighted by Gasteiger charge is -2.43. The highest BCUT2D eigenvalue weighted by atomic mass is 19.3. The molecule has 3 rings (SSSR count). The summed E-state index contributed by atoms with van der Waals surface area (Å²) >= 11 is 0. The highest BCUT2D eigenvalue weighted by molar-refractivity contribution is 5.98. The molecular formula is C26H39F3N4O. The second-order valence-corrected chi connectivity index (χ2v) is 10.7. The number of amidine groups is 1. The molecule has 2 saturated carbocycles. The average Bonchev–Trinajstić information content (AvgIpc) is 3.10. The predicted octanol–water partition coefficient (Wildman–Crippen LogP) is 5.34. The molecule has 0 heterocycles. The van der Waals surface area contributed by atoms with Gasteiger partial charge in [-0.25, -0.2) is 19.0 Å². The smallest absolute Gasteiger partial charge is 0.275 e. The minimum absolute atomic E-state index is 0.0925. The largest absolute Gasteiger partial charge is 0.384 e. The van der Waals surface area contributed by atoms with E-state index in [0.717, 1.165) is 38.5 Å². The number of allylic oxidation sites excluding steroid dienone is 1. The second kappa shape index (κ2) is 10.3. The standard InChI is InChI=1S/C26H39F3N4O/c1-24(2,34)26(28,29)16-5-7-20-10-13-22-18(6-4-15-25(20,22)3)14-17-33(31)23(32-30)19-8-11-21(27)12-9-19/h8-9,11-12,14,20,22,34H,4-7,10,13,15-17,30-31H2,1-3H3/b18-14+,32-23-. The summed E-state index contributed by atoms with van der Waals surface area (Å²) in [5.41, 5.74) is 0.102. The van der Waals surface area contributed by atoms with Gasteiger partial charge in [-0.2, -0.15) is 5.10 Å². The van der Waals surface area contributed by atoms with Crippen molar-refractivity contribution < 1.29 is 18.3 Å². The number of hydrogen-bond acceptors (Lipinski definition) is 4. The summed E-state index contributed by atoms with van der Waals surface area (Å²) in [4.78, 5) is 0. The number of hydrogen-bond donors (Lipinski definition) is 3. The van der Waals surface area contributed by atoms with Gasteiger partial charge in [0, 0.05) is 12.0 Å². The van der Waals surface area contributed by atoms with Gasteiger partial charge in [-0.1, -0.05) is 18.6 Å². The van der Waals surface area contributed by atoms with Crippen LogP contribution in [-0.2, 0) is 0 Å². The zero-order valence-corrected chi connectivity index (χ0v) is 20.5. The number of benzene rings is 1. The van der Waals surface area contributed by atoms with Crippen LogP contribution >= 0.6 is 0 Å². The van der Waals surface area contributed by atoms with E-state index in [0.29, 0.717) is 36.2 Å². The Morgan fingerprint density at radius 2 is 1.94 bits per heavy atom. The molecule has 0 aromatic heterocycles. The molecule has 2 aliphatic carbocycles. The molecule has 5 nitrogen and oxygen atoms in total. The summed E-state index contributed by atoms with van der Waals surface area (Å²) in [5, 5.41) is 15.0. The van der Waals surface area contributed by atoms with Crippen molar-refractivity contribution in [1.82, 2.24) is 5.01 Å². The summed E-state index contributed by atoms with van der Waals surface area (Å²) < 4.78 is 41.6. The summed E-state index contributed by atoms with van der Waals surface area (Å²) in [7, 11) is 0. The molecule has 0 saturated heterocycles. The number of hydrazine groups is 1. The van der Waals surface area contributed by atoms with Crippen molar-refractivity contribution in [3.05, 3.63) is 47.3 Å². The van der Waals surface area contributed by atoms with Crippen molar-refractivity contribution in [1.29, 1.82) is 0 Å². The van der Waals surface area contributed by atoms with Crippen LogP contribution in [0.25, 0.3) is 0 Å². The minimum atomic E-state index is -3.08. The first kappa shape index (κ1) is 26.5. The number of aliphatic hydroxyl groups is 1.